The zero-order valence-electron chi connectivity index (χ0n) is 27.8. The normalized spacial score (nSPS) is 12.5. The fourth-order valence-corrected chi connectivity index (χ4v) is 6.57. The molecule has 0 aliphatic heterocycles. The molecule has 0 aliphatic rings. The molecule has 0 bridgehead atoms. The lowest BCUT2D eigenvalue weighted by molar-refractivity contribution is 1.17. The first-order valence-electron chi connectivity index (χ1n) is 15.9. The summed E-state index contributed by atoms with van der Waals surface area (Å²) in [6.45, 7) is 7.74. The van der Waals surface area contributed by atoms with Gasteiger partial charge in [-0.2, -0.15) is 10.2 Å². The maximum absolute atomic E-state index is 4.57. The number of hydrogen-bond donors (Lipinski definition) is 2. The van der Waals surface area contributed by atoms with Crippen LogP contribution in [-0.2, 0) is 0 Å². The Balaban J connectivity index is 0.981. The van der Waals surface area contributed by atoms with Crippen LogP contribution in [0.15, 0.2) is 140 Å². The molecule has 0 saturated carbocycles. The maximum Gasteiger partial charge on any atom is 0.205 e. The highest BCUT2D eigenvalue weighted by atomic mass is 32.1. The third-order valence-corrected chi connectivity index (χ3v) is 9.75. The minimum Gasteiger partial charge on any atom is -0.252 e. The van der Waals surface area contributed by atoms with E-state index >= 15 is 0 Å². The summed E-state index contributed by atoms with van der Waals surface area (Å²) in [6, 6.07) is 36.6. The van der Waals surface area contributed by atoms with Crippen molar-refractivity contribution in [2.75, 3.05) is 10.9 Å². The summed E-state index contributed by atoms with van der Waals surface area (Å²) < 4.78 is 0. The summed E-state index contributed by atoms with van der Waals surface area (Å²) in [5.41, 5.74) is 12.8. The van der Waals surface area contributed by atoms with Gasteiger partial charge in [0.05, 0.1) is 34.2 Å². The van der Waals surface area contributed by atoms with Gasteiger partial charge < -0.3 is 0 Å². The summed E-state index contributed by atoms with van der Waals surface area (Å²) in [7, 11) is 0. The van der Waals surface area contributed by atoms with Crippen molar-refractivity contribution in [2.45, 2.75) is 27.7 Å². The van der Waals surface area contributed by atoms with Gasteiger partial charge in [0.2, 0.25) is 10.3 Å². The van der Waals surface area contributed by atoms with Crippen LogP contribution in [0.2, 0.25) is 0 Å². The van der Waals surface area contributed by atoms with Crippen molar-refractivity contribution in [1.82, 2.24) is 9.97 Å². The van der Waals surface area contributed by atoms with Crippen LogP contribution in [0.3, 0.4) is 0 Å². The van der Waals surface area contributed by atoms with E-state index in [9.17, 15) is 0 Å². The van der Waals surface area contributed by atoms with E-state index in [1.165, 1.54) is 44.2 Å². The number of azo groups is 2. The van der Waals surface area contributed by atoms with Gasteiger partial charge in [0, 0.05) is 0 Å². The quantitative estimate of drug-likeness (QED) is 0.0840. The SMILES string of the molecule is C/C(=N\Nc1nc(C)c(N=Nc2cccc(N=Nc3sc(N/N=C(\C)c4ccc5ccccc5c4)nc3C)c2)s1)c1ccc2ccccc2c1. The molecule has 246 valence electrons. The lowest BCUT2D eigenvalue weighted by Gasteiger charge is -2.03. The average molecular weight is 693 g/mol. The van der Waals surface area contributed by atoms with Crippen LogP contribution in [0.4, 0.5) is 31.6 Å². The highest BCUT2D eigenvalue weighted by molar-refractivity contribution is 7.19. The first kappa shape index (κ1) is 32.6. The number of nitrogens with one attached hydrogen (secondary N) is 2. The maximum atomic E-state index is 4.57. The second-order valence-corrected chi connectivity index (χ2v) is 13.4. The molecule has 0 atom stereocenters. The topological polar surface area (TPSA) is 124 Å². The van der Waals surface area contributed by atoms with Crippen LogP contribution in [0.5, 0.6) is 0 Å². The van der Waals surface area contributed by atoms with Crippen molar-refractivity contribution < 1.29 is 0 Å². The van der Waals surface area contributed by atoms with Crippen molar-refractivity contribution in [3.05, 3.63) is 132 Å². The molecule has 7 aromatic rings. The highest BCUT2D eigenvalue weighted by Crippen LogP contribution is 2.34. The van der Waals surface area contributed by atoms with E-state index in [1.54, 1.807) is 0 Å². The van der Waals surface area contributed by atoms with Crippen LogP contribution < -0.4 is 10.9 Å². The molecule has 10 nitrogen and oxygen atoms in total. The summed E-state index contributed by atoms with van der Waals surface area (Å²) in [5, 5.41) is 34.3. The largest absolute Gasteiger partial charge is 0.252 e. The molecular formula is C38H32N10S2. The van der Waals surface area contributed by atoms with Crippen LogP contribution in [0.1, 0.15) is 36.4 Å². The van der Waals surface area contributed by atoms with Gasteiger partial charge >= 0.3 is 0 Å². The summed E-state index contributed by atoms with van der Waals surface area (Å²) in [6.07, 6.45) is 0. The summed E-state index contributed by atoms with van der Waals surface area (Å²) in [5.74, 6) is 0. The predicted octanol–water partition coefficient (Wildman–Crippen LogP) is 12.0. The Morgan fingerprint density at radius 3 is 1.40 bits per heavy atom. The third kappa shape index (κ3) is 7.67. The standard InChI is InChI=1S/C38H32N10S2/c1-23(29-18-16-27-10-5-7-12-31(27)20-29)41-47-37-39-25(3)35(49-37)45-43-33-14-9-15-34(22-33)44-46-36-26(4)40-38(50-36)48-42-24(2)30-19-17-28-11-6-8-13-32(28)21-30/h5-22H,1-4H3,(H,39,47)(H,40,48)/b41-23+,42-24+,45-43?,46-44?. The molecule has 0 radical (unpaired) electrons. The molecule has 0 aliphatic carbocycles. The molecule has 0 amide bonds. The zero-order chi connectivity index (χ0) is 34.5. The predicted molar refractivity (Wildman–Crippen MR) is 208 cm³/mol. The van der Waals surface area contributed by atoms with Gasteiger partial charge in [-0.15, -0.1) is 20.5 Å². The lowest BCUT2D eigenvalue weighted by atomic mass is 10.0. The Hall–Kier alpha value is -5.98. The molecule has 5 aromatic carbocycles. The van der Waals surface area contributed by atoms with Gasteiger partial charge in [0.15, 0.2) is 10.0 Å². The van der Waals surface area contributed by atoms with Crippen molar-refractivity contribution >= 4 is 87.3 Å². The number of thiazole rings is 2. The summed E-state index contributed by atoms with van der Waals surface area (Å²) in [4.78, 5) is 9.15. The number of aryl methyl sites for hydroxylation is 2. The molecule has 12 heteroatoms. The van der Waals surface area contributed by atoms with E-state index < -0.39 is 0 Å². The van der Waals surface area contributed by atoms with E-state index in [4.69, 9.17) is 0 Å². The van der Waals surface area contributed by atoms with E-state index in [0.717, 1.165) is 33.9 Å². The van der Waals surface area contributed by atoms with Crippen molar-refractivity contribution in [1.29, 1.82) is 0 Å². The number of aromatic nitrogens is 2. The third-order valence-electron chi connectivity index (χ3n) is 7.86. The number of nitrogens with zero attached hydrogens (tertiary/aromatic N) is 8. The van der Waals surface area contributed by atoms with Crippen molar-refractivity contribution in [3.63, 3.8) is 0 Å². The highest BCUT2D eigenvalue weighted by Gasteiger charge is 2.09. The number of benzene rings is 5. The number of rotatable bonds is 10. The summed E-state index contributed by atoms with van der Waals surface area (Å²) >= 11 is 2.77. The Labute approximate surface area is 297 Å². The molecule has 2 N–H and O–H groups in total. The lowest BCUT2D eigenvalue weighted by Crippen LogP contribution is -1.99. The molecule has 0 spiro atoms. The smallest absolute Gasteiger partial charge is 0.205 e. The molecule has 0 saturated heterocycles. The molecule has 50 heavy (non-hydrogen) atoms. The van der Waals surface area contributed by atoms with E-state index in [0.29, 0.717) is 31.6 Å². The molecule has 0 fully saturated rings. The first-order chi connectivity index (χ1) is 24.4. The molecule has 0 unspecified atom stereocenters. The number of hydrazone groups is 2. The molecular weight excluding hydrogens is 661 g/mol. The van der Waals surface area contributed by atoms with E-state index in [2.05, 4.69) is 112 Å². The number of anilines is 2. The van der Waals surface area contributed by atoms with E-state index in [1.807, 2.05) is 76.2 Å². The van der Waals surface area contributed by atoms with Crippen molar-refractivity contribution in [3.8, 4) is 0 Å². The number of hydrogen-bond acceptors (Lipinski definition) is 12. The van der Waals surface area contributed by atoms with Gasteiger partial charge in [-0.3, -0.25) is 10.9 Å². The second kappa shape index (κ2) is 14.6. The zero-order valence-corrected chi connectivity index (χ0v) is 29.4. The van der Waals surface area contributed by atoms with Gasteiger partial charge in [-0.25, -0.2) is 9.97 Å². The van der Waals surface area contributed by atoms with Gasteiger partial charge in [0.25, 0.3) is 0 Å². The van der Waals surface area contributed by atoms with Crippen molar-refractivity contribution in [2.24, 2.45) is 30.7 Å². The van der Waals surface area contributed by atoms with Gasteiger partial charge in [-0.05, 0) is 90.7 Å². The van der Waals surface area contributed by atoms with E-state index in [-0.39, 0.29) is 0 Å². The number of fused-ring (bicyclic) bond motifs is 2. The fraction of sp³-hybridized carbons (Fsp3) is 0.105. The first-order valence-corrected chi connectivity index (χ1v) is 17.5. The van der Waals surface area contributed by atoms with Crippen LogP contribution >= 0.6 is 22.7 Å². The molecule has 7 rings (SSSR count). The molecule has 2 aromatic heterocycles. The fourth-order valence-electron chi connectivity index (χ4n) is 5.10. The Kier molecular flexibility index (Phi) is 9.54. The van der Waals surface area contributed by atoms with Crippen LogP contribution in [-0.4, -0.2) is 21.4 Å². The van der Waals surface area contributed by atoms with Gasteiger partial charge in [-0.1, -0.05) is 102 Å². The second-order valence-electron chi connectivity index (χ2n) is 11.5. The monoisotopic (exact) mass is 692 g/mol. The molecule has 2 heterocycles. The van der Waals surface area contributed by atoms with Gasteiger partial charge in [0.1, 0.15) is 0 Å². The Bertz CT molecular complexity index is 2290. The van der Waals surface area contributed by atoms with Crippen LogP contribution in [0, 0.1) is 13.8 Å². The Morgan fingerprint density at radius 1 is 0.500 bits per heavy atom. The van der Waals surface area contributed by atoms with Crippen LogP contribution in [0.25, 0.3) is 21.5 Å². The minimum atomic E-state index is 0.641. The minimum absolute atomic E-state index is 0.641. The Morgan fingerprint density at radius 2 is 0.940 bits per heavy atom. The average Bonchev–Trinajstić information content (AvgIpc) is 3.70.